The number of carbonyl (C=O) groups is 1. The molecule has 0 spiro atoms. The fourth-order valence-corrected chi connectivity index (χ4v) is 3.76. The Morgan fingerprint density at radius 1 is 1.48 bits per heavy atom. The predicted molar refractivity (Wildman–Crippen MR) is 98.4 cm³/mol. The molecule has 134 valence electrons. The van der Waals surface area contributed by atoms with E-state index in [0.717, 1.165) is 27.8 Å². The molecule has 2 aromatic rings. The van der Waals surface area contributed by atoms with Crippen LogP contribution < -0.4 is 9.47 Å². The molecule has 1 aliphatic heterocycles. The summed E-state index contributed by atoms with van der Waals surface area (Å²) in [6.07, 6.45) is 0.691. The molecule has 0 saturated heterocycles. The first-order valence-corrected chi connectivity index (χ1v) is 9.35. The lowest BCUT2D eigenvalue weighted by atomic mass is 9.95. The van der Waals surface area contributed by atoms with E-state index in [1.54, 1.807) is 23.3 Å². The SMILES string of the molecule is COc1ccc2c(c1)OCC(C(=O)N(C)Cc1csc(C(C)C)n1)C2. The van der Waals surface area contributed by atoms with E-state index in [1.807, 2.05) is 30.6 Å². The number of aromatic nitrogens is 1. The third-order valence-electron chi connectivity index (χ3n) is 4.37. The summed E-state index contributed by atoms with van der Waals surface area (Å²) in [7, 11) is 3.47. The van der Waals surface area contributed by atoms with E-state index in [-0.39, 0.29) is 11.8 Å². The van der Waals surface area contributed by atoms with Crippen LogP contribution in [0.3, 0.4) is 0 Å². The first-order valence-electron chi connectivity index (χ1n) is 8.47. The Morgan fingerprint density at radius 2 is 2.28 bits per heavy atom. The van der Waals surface area contributed by atoms with Crippen LogP contribution in [-0.2, 0) is 17.8 Å². The van der Waals surface area contributed by atoms with E-state index in [4.69, 9.17) is 9.47 Å². The average molecular weight is 360 g/mol. The minimum Gasteiger partial charge on any atom is -0.497 e. The van der Waals surface area contributed by atoms with Gasteiger partial charge in [-0.1, -0.05) is 19.9 Å². The maximum absolute atomic E-state index is 12.8. The molecular formula is C19H24N2O3S. The highest BCUT2D eigenvalue weighted by atomic mass is 32.1. The van der Waals surface area contributed by atoms with E-state index < -0.39 is 0 Å². The summed E-state index contributed by atoms with van der Waals surface area (Å²) in [5.41, 5.74) is 2.00. The van der Waals surface area contributed by atoms with Crippen LogP contribution in [0.5, 0.6) is 11.5 Å². The number of carbonyl (C=O) groups excluding carboxylic acids is 1. The first kappa shape index (κ1) is 17.7. The summed E-state index contributed by atoms with van der Waals surface area (Å²) in [6, 6.07) is 5.76. The highest BCUT2D eigenvalue weighted by molar-refractivity contribution is 7.09. The smallest absolute Gasteiger partial charge is 0.229 e. The fraction of sp³-hybridized carbons (Fsp3) is 0.474. The highest BCUT2D eigenvalue weighted by Gasteiger charge is 2.28. The minimum absolute atomic E-state index is 0.0977. The zero-order valence-corrected chi connectivity index (χ0v) is 15.9. The Bertz CT molecular complexity index is 757. The standard InChI is InChI=1S/C19H24N2O3S/c1-12(2)18-20-15(11-25-18)9-21(3)19(22)14-7-13-5-6-16(23-4)8-17(13)24-10-14/h5-6,8,11-12,14H,7,9-10H2,1-4H3. The summed E-state index contributed by atoms with van der Waals surface area (Å²) in [6.45, 7) is 5.19. The van der Waals surface area contributed by atoms with Crippen LogP contribution in [0.4, 0.5) is 0 Å². The third kappa shape index (κ3) is 3.95. The van der Waals surface area contributed by atoms with E-state index in [1.165, 1.54) is 0 Å². The molecule has 5 nitrogen and oxygen atoms in total. The number of nitrogens with zero attached hydrogens (tertiary/aromatic N) is 2. The maximum atomic E-state index is 12.8. The van der Waals surface area contributed by atoms with Crippen LogP contribution >= 0.6 is 11.3 Å². The summed E-state index contributed by atoms with van der Waals surface area (Å²) >= 11 is 1.66. The quantitative estimate of drug-likeness (QED) is 0.819. The van der Waals surface area contributed by atoms with E-state index in [0.29, 0.717) is 25.5 Å². The zero-order valence-electron chi connectivity index (χ0n) is 15.1. The van der Waals surface area contributed by atoms with Gasteiger partial charge in [0.05, 0.1) is 30.3 Å². The Balaban J connectivity index is 1.64. The molecule has 1 aromatic heterocycles. The number of fused-ring (bicyclic) bond motifs is 1. The molecule has 0 saturated carbocycles. The topological polar surface area (TPSA) is 51.7 Å². The van der Waals surface area contributed by atoms with Gasteiger partial charge in [-0.05, 0) is 18.1 Å². The second-order valence-corrected chi connectivity index (χ2v) is 7.60. The molecule has 1 unspecified atom stereocenters. The number of benzene rings is 1. The molecule has 1 aromatic carbocycles. The van der Waals surface area contributed by atoms with Crippen molar-refractivity contribution in [1.82, 2.24) is 9.88 Å². The van der Waals surface area contributed by atoms with Crippen molar-refractivity contribution in [3.05, 3.63) is 39.8 Å². The van der Waals surface area contributed by atoms with Gasteiger partial charge in [0, 0.05) is 24.4 Å². The lowest BCUT2D eigenvalue weighted by molar-refractivity contribution is -0.136. The molecular weight excluding hydrogens is 336 g/mol. The van der Waals surface area contributed by atoms with Crippen molar-refractivity contribution in [2.45, 2.75) is 32.7 Å². The van der Waals surface area contributed by atoms with Crippen molar-refractivity contribution >= 4 is 17.2 Å². The van der Waals surface area contributed by atoms with Gasteiger partial charge in [-0.2, -0.15) is 0 Å². The summed E-state index contributed by atoms with van der Waals surface area (Å²) in [5.74, 6) is 1.94. The number of hydrogen-bond donors (Lipinski definition) is 0. The molecule has 1 amide bonds. The Kier molecular flexibility index (Phi) is 5.27. The lowest BCUT2D eigenvalue weighted by Crippen LogP contribution is -2.38. The molecule has 25 heavy (non-hydrogen) atoms. The fourth-order valence-electron chi connectivity index (χ4n) is 2.93. The lowest BCUT2D eigenvalue weighted by Gasteiger charge is -2.28. The van der Waals surface area contributed by atoms with Gasteiger partial charge in [-0.25, -0.2) is 4.98 Å². The van der Waals surface area contributed by atoms with E-state index in [2.05, 4.69) is 18.8 Å². The van der Waals surface area contributed by atoms with Crippen molar-refractivity contribution in [1.29, 1.82) is 0 Å². The van der Waals surface area contributed by atoms with Crippen LogP contribution in [0.1, 0.15) is 36.0 Å². The maximum Gasteiger partial charge on any atom is 0.229 e. The second-order valence-electron chi connectivity index (χ2n) is 6.71. The van der Waals surface area contributed by atoms with Gasteiger partial charge in [0.1, 0.15) is 18.1 Å². The van der Waals surface area contributed by atoms with Gasteiger partial charge < -0.3 is 14.4 Å². The summed E-state index contributed by atoms with van der Waals surface area (Å²) in [4.78, 5) is 19.1. The molecule has 0 fully saturated rings. The van der Waals surface area contributed by atoms with Crippen LogP contribution in [0.25, 0.3) is 0 Å². The number of hydrogen-bond acceptors (Lipinski definition) is 5. The van der Waals surface area contributed by atoms with Gasteiger partial charge >= 0.3 is 0 Å². The molecule has 6 heteroatoms. The van der Waals surface area contributed by atoms with Gasteiger partial charge in [-0.15, -0.1) is 11.3 Å². The predicted octanol–water partition coefficient (Wildman–Crippen LogP) is 3.48. The van der Waals surface area contributed by atoms with Crippen LogP contribution in [0, 0.1) is 5.92 Å². The molecule has 1 atom stereocenters. The second kappa shape index (κ2) is 7.44. The molecule has 1 aliphatic rings. The van der Waals surface area contributed by atoms with Crippen molar-refractivity contribution in [3.8, 4) is 11.5 Å². The number of amides is 1. The van der Waals surface area contributed by atoms with Crippen molar-refractivity contribution in [2.24, 2.45) is 5.92 Å². The normalized spacial score (nSPS) is 16.3. The number of thiazole rings is 1. The summed E-state index contributed by atoms with van der Waals surface area (Å²) < 4.78 is 11.0. The van der Waals surface area contributed by atoms with Gasteiger partial charge in [0.2, 0.25) is 5.91 Å². The monoisotopic (exact) mass is 360 g/mol. The van der Waals surface area contributed by atoms with Gasteiger partial charge in [0.15, 0.2) is 0 Å². The Labute approximate surface area is 152 Å². The summed E-state index contributed by atoms with van der Waals surface area (Å²) in [5, 5.41) is 3.15. The zero-order chi connectivity index (χ0) is 18.0. The van der Waals surface area contributed by atoms with Crippen LogP contribution in [-0.4, -0.2) is 36.6 Å². The third-order valence-corrected chi connectivity index (χ3v) is 5.56. The number of methoxy groups -OCH3 is 1. The Morgan fingerprint density at radius 3 is 2.96 bits per heavy atom. The number of rotatable bonds is 5. The largest absolute Gasteiger partial charge is 0.497 e. The Hall–Kier alpha value is -2.08. The molecule has 0 bridgehead atoms. The molecule has 0 radical (unpaired) electrons. The molecule has 3 rings (SSSR count). The van der Waals surface area contributed by atoms with Crippen molar-refractivity contribution < 1.29 is 14.3 Å². The average Bonchev–Trinajstić information content (AvgIpc) is 3.08. The van der Waals surface area contributed by atoms with Gasteiger partial charge in [0.25, 0.3) is 0 Å². The molecule has 0 aliphatic carbocycles. The van der Waals surface area contributed by atoms with E-state index >= 15 is 0 Å². The first-order chi connectivity index (χ1) is 12.0. The highest BCUT2D eigenvalue weighted by Crippen LogP contribution is 2.31. The van der Waals surface area contributed by atoms with Crippen molar-refractivity contribution in [3.63, 3.8) is 0 Å². The van der Waals surface area contributed by atoms with Crippen LogP contribution in [0.2, 0.25) is 0 Å². The number of ether oxygens (including phenoxy) is 2. The van der Waals surface area contributed by atoms with Gasteiger partial charge in [-0.3, -0.25) is 4.79 Å². The van der Waals surface area contributed by atoms with Crippen LogP contribution in [0.15, 0.2) is 23.6 Å². The minimum atomic E-state index is -0.158. The van der Waals surface area contributed by atoms with E-state index in [9.17, 15) is 4.79 Å². The molecule has 2 heterocycles. The van der Waals surface area contributed by atoms with Crippen molar-refractivity contribution in [2.75, 3.05) is 20.8 Å². The molecule has 0 N–H and O–H groups in total.